The Balaban J connectivity index is 1.87. The predicted octanol–water partition coefficient (Wildman–Crippen LogP) is 2.61. The van der Waals surface area contributed by atoms with Crippen molar-refractivity contribution in [2.45, 2.75) is 31.3 Å². The summed E-state index contributed by atoms with van der Waals surface area (Å²) in [5.41, 5.74) is 1.87. The minimum Gasteiger partial charge on any atom is -0.492 e. The minimum absolute atomic E-state index is 0.0253. The van der Waals surface area contributed by atoms with Crippen LogP contribution in [0.4, 0.5) is 11.4 Å². The summed E-state index contributed by atoms with van der Waals surface area (Å²) < 4.78 is 40.2. The number of aliphatic hydroxyl groups excluding tert-OH is 2. The van der Waals surface area contributed by atoms with Gasteiger partial charge in [0.1, 0.15) is 23.0 Å². The summed E-state index contributed by atoms with van der Waals surface area (Å²) >= 11 is 0. The Bertz CT molecular complexity index is 1210. The number of nitrogens with zero attached hydrogens (tertiary/aromatic N) is 3. The molecule has 0 radical (unpaired) electrons. The van der Waals surface area contributed by atoms with Crippen molar-refractivity contribution in [2.24, 2.45) is 0 Å². The number of anilines is 2. The molecule has 0 saturated carbocycles. The molecule has 0 saturated heterocycles. The van der Waals surface area contributed by atoms with Gasteiger partial charge in [-0.3, -0.25) is 4.31 Å². The fourth-order valence-electron chi connectivity index (χ4n) is 3.42. The fourth-order valence-corrected chi connectivity index (χ4v) is 5.04. The van der Waals surface area contributed by atoms with Crippen molar-refractivity contribution in [3.8, 4) is 11.5 Å². The van der Waals surface area contributed by atoms with E-state index in [4.69, 9.17) is 9.47 Å². The van der Waals surface area contributed by atoms with Gasteiger partial charge in [0.2, 0.25) is 0 Å². The van der Waals surface area contributed by atoms with E-state index in [2.05, 4.69) is 15.5 Å². The lowest BCUT2D eigenvalue weighted by Crippen LogP contribution is -2.39. The molecular formula is C25H32N4O6S. The molecule has 194 valence electrons. The molecule has 3 rings (SSSR count). The van der Waals surface area contributed by atoms with Crippen LogP contribution in [0.1, 0.15) is 18.9 Å². The lowest BCUT2D eigenvalue weighted by molar-refractivity contribution is 0.102. The third-order valence-corrected chi connectivity index (χ3v) is 6.91. The molecule has 10 nitrogen and oxygen atoms in total. The largest absolute Gasteiger partial charge is 0.492 e. The van der Waals surface area contributed by atoms with Crippen LogP contribution in [0.2, 0.25) is 0 Å². The monoisotopic (exact) mass is 516 g/mol. The molecule has 1 aromatic heterocycles. The van der Waals surface area contributed by atoms with Crippen molar-refractivity contribution in [1.82, 2.24) is 10.2 Å². The smallest absolute Gasteiger partial charge is 0.268 e. The van der Waals surface area contributed by atoms with E-state index in [0.29, 0.717) is 37.6 Å². The van der Waals surface area contributed by atoms with Gasteiger partial charge in [0.15, 0.2) is 0 Å². The zero-order valence-corrected chi connectivity index (χ0v) is 21.2. The Morgan fingerprint density at radius 1 is 1.08 bits per heavy atom. The molecule has 0 aliphatic carbocycles. The van der Waals surface area contributed by atoms with Gasteiger partial charge >= 0.3 is 0 Å². The Morgan fingerprint density at radius 3 is 2.61 bits per heavy atom. The SMILES string of the molecule is CCCOc1ccccc1S(=O)(=O)N(CC(O)CO)c1cc(C)cc(OCCNc2ccnnc2)c1. The number of nitrogens with one attached hydrogen (secondary N) is 1. The van der Waals surface area contributed by atoms with Crippen molar-refractivity contribution in [2.75, 3.05) is 42.5 Å². The van der Waals surface area contributed by atoms with Crippen LogP contribution in [0.3, 0.4) is 0 Å². The van der Waals surface area contributed by atoms with Gasteiger partial charge < -0.3 is 25.0 Å². The number of para-hydroxylation sites is 1. The van der Waals surface area contributed by atoms with Gasteiger partial charge in [0.25, 0.3) is 10.0 Å². The van der Waals surface area contributed by atoms with Crippen molar-refractivity contribution in [3.63, 3.8) is 0 Å². The number of aryl methyl sites for hydroxylation is 1. The van der Waals surface area contributed by atoms with Gasteiger partial charge in [0, 0.05) is 12.6 Å². The van der Waals surface area contributed by atoms with Crippen LogP contribution in [0, 0.1) is 6.92 Å². The van der Waals surface area contributed by atoms with Crippen molar-refractivity contribution < 1.29 is 28.1 Å². The third kappa shape index (κ3) is 7.30. The normalized spacial score (nSPS) is 12.1. The number of hydrogen-bond acceptors (Lipinski definition) is 9. The molecule has 1 atom stereocenters. The van der Waals surface area contributed by atoms with Crippen molar-refractivity contribution in [3.05, 3.63) is 66.5 Å². The van der Waals surface area contributed by atoms with E-state index >= 15 is 0 Å². The molecule has 1 unspecified atom stereocenters. The number of benzene rings is 2. The van der Waals surface area contributed by atoms with Gasteiger partial charge in [-0.25, -0.2) is 8.42 Å². The van der Waals surface area contributed by atoms with Gasteiger partial charge in [-0.2, -0.15) is 10.2 Å². The summed E-state index contributed by atoms with van der Waals surface area (Å²) in [5.74, 6) is 0.692. The number of aromatic nitrogens is 2. The Morgan fingerprint density at radius 2 is 1.89 bits per heavy atom. The molecule has 0 amide bonds. The molecule has 0 aliphatic rings. The molecule has 3 N–H and O–H groups in total. The number of sulfonamides is 1. The second kappa shape index (κ2) is 13.1. The summed E-state index contributed by atoms with van der Waals surface area (Å²) in [5, 5.41) is 30.3. The zero-order valence-electron chi connectivity index (χ0n) is 20.4. The van der Waals surface area contributed by atoms with E-state index in [1.165, 1.54) is 6.07 Å². The van der Waals surface area contributed by atoms with Crippen LogP contribution in [0.5, 0.6) is 11.5 Å². The van der Waals surface area contributed by atoms with Gasteiger partial charge in [-0.15, -0.1) is 0 Å². The quantitative estimate of drug-likeness (QED) is 0.276. The average Bonchev–Trinajstić information content (AvgIpc) is 2.88. The lowest BCUT2D eigenvalue weighted by Gasteiger charge is -2.28. The molecule has 0 aliphatic heterocycles. The topological polar surface area (TPSA) is 134 Å². The molecule has 3 aromatic rings. The predicted molar refractivity (Wildman–Crippen MR) is 137 cm³/mol. The highest BCUT2D eigenvalue weighted by molar-refractivity contribution is 7.93. The van der Waals surface area contributed by atoms with Crippen molar-refractivity contribution in [1.29, 1.82) is 0 Å². The van der Waals surface area contributed by atoms with Crippen LogP contribution >= 0.6 is 0 Å². The first-order chi connectivity index (χ1) is 17.3. The number of ether oxygens (including phenoxy) is 2. The van der Waals surface area contributed by atoms with E-state index in [-0.39, 0.29) is 17.2 Å². The number of aliphatic hydroxyl groups is 2. The second-order valence-corrected chi connectivity index (χ2v) is 9.91. The van der Waals surface area contributed by atoms with E-state index in [9.17, 15) is 18.6 Å². The molecule has 11 heteroatoms. The standard InChI is InChI=1S/C25H32N4O6S/c1-3-11-35-24-6-4-5-7-25(24)36(32,33)29(17-22(31)18-30)21-13-19(2)14-23(15-21)34-12-10-26-20-8-9-27-28-16-20/h4-9,13-16,22,30-31H,3,10-12,17-18H2,1-2H3,(H,26,27). The molecule has 1 heterocycles. The van der Waals surface area contributed by atoms with E-state index in [1.54, 1.807) is 54.9 Å². The fraction of sp³-hybridized carbons (Fsp3) is 0.360. The first-order valence-corrected chi connectivity index (χ1v) is 13.1. The van der Waals surface area contributed by atoms with E-state index < -0.39 is 22.7 Å². The lowest BCUT2D eigenvalue weighted by atomic mass is 10.2. The number of hydrogen-bond donors (Lipinski definition) is 3. The van der Waals surface area contributed by atoms with Gasteiger partial charge in [-0.05, 0) is 49.2 Å². The first kappa shape index (κ1) is 27.2. The maximum absolute atomic E-state index is 13.8. The maximum Gasteiger partial charge on any atom is 0.268 e. The Hall–Kier alpha value is -3.41. The summed E-state index contributed by atoms with van der Waals surface area (Å²) in [6, 6.07) is 13.2. The summed E-state index contributed by atoms with van der Waals surface area (Å²) in [4.78, 5) is -0.0253. The van der Waals surface area contributed by atoms with Gasteiger partial charge in [-0.1, -0.05) is 19.1 Å². The van der Waals surface area contributed by atoms with E-state index in [0.717, 1.165) is 15.6 Å². The highest BCUT2D eigenvalue weighted by atomic mass is 32.2. The molecule has 36 heavy (non-hydrogen) atoms. The zero-order chi connectivity index (χ0) is 26.0. The van der Waals surface area contributed by atoms with Gasteiger partial charge in [0.05, 0.1) is 49.6 Å². The van der Waals surface area contributed by atoms with Crippen LogP contribution in [-0.4, -0.2) is 67.8 Å². The molecule has 0 spiro atoms. The molecule has 2 aromatic carbocycles. The first-order valence-electron chi connectivity index (χ1n) is 11.6. The highest BCUT2D eigenvalue weighted by Gasteiger charge is 2.30. The van der Waals surface area contributed by atoms with E-state index in [1.807, 2.05) is 13.8 Å². The molecule has 0 fully saturated rings. The molecule has 0 bridgehead atoms. The van der Waals surface area contributed by atoms with Crippen LogP contribution in [0.15, 0.2) is 65.8 Å². The summed E-state index contributed by atoms with van der Waals surface area (Å²) in [7, 11) is -4.16. The minimum atomic E-state index is -4.16. The summed E-state index contributed by atoms with van der Waals surface area (Å²) in [6.07, 6.45) is 2.61. The highest BCUT2D eigenvalue weighted by Crippen LogP contribution is 2.33. The Labute approximate surface area is 211 Å². The Kier molecular flexibility index (Phi) is 9.86. The summed E-state index contributed by atoms with van der Waals surface area (Å²) in [6.45, 7) is 3.97. The number of rotatable bonds is 14. The second-order valence-electron chi connectivity index (χ2n) is 8.08. The van der Waals surface area contributed by atoms with Crippen molar-refractivity contribution >= 4 is 21.4 Å². The van der Waals surface area contributed by atoms with Crippen LogP contribution in [-0.2, 0) is 10.0 Å². The molecular weight excluding hydrogens is 484 g/mol. The maximum atomic E-state index is 13.8. The third-order valence-electron chi connectivity index (χ3n) is 5.07. The van der Waals surface area contributed by atoms with Crippen LogP contribution in [0.25, 0.3) is 0 Å². The van der Waals surface area contributed by atoms with Crippen LogP contribution < -0.4 is 19.1 Å². The average molecular weight is 517 g/mol.